The van der Waals surface area contributed by atoms with Gasteiger partial charge in [-0.15, -0.1) is 0 Å². The Bertz CT molecular complexity index is 988. The molecule has 0 aliphatic heterocycles. The van der Waals surface area contributed by atoms with Gasteiger partial charge in [-0.2, -0.15) is 0 Å². The lowest BCUT2D eigenvalue weighted by Crippen LogP contribution is -2.37. The molecule has 0 atom stereocenters. The Labute approximate surface area is 198 Å². The van der Waals surface area contributed by atoms with Crippen LogP contribution < -0.4 is 11.1 Å². The number of nitrogens with one attached hydrogen (secondary N) is 1. The molecule has 0 heterocycles. The van der Waals surface area contributed by atoms with E-state index in [0.29, 0.717) is 13.1 Å². The van der Waals surface area contributed by atoms with E-state index >= 15 is 0 Å². The summed E-state index contributed by atoms with van der Waals surface area (Å²) in [5.74, 6) is 0. The maximum atomic E-state index is 13.2. The van der Waals surface area contributed by atoms with Gasteiger partial charge in [0.05, 0.1) is 6.54 Å². The van der Waals surface area contributed by atoms with Crippen LogP contribution in [0.2, 0.25) is 0 Å². The fourth-order valence-electron chi connectivity index (χ4n) is 4.11. The van der Waals surface area contributed by atoms with Gasteiger partial charge in [-0.25, -0.2) is 4.79 Å². The summed E-state index contributed by atoms with van der Waals surface area (Å²) in [6.07, 6.45) is 3.85. The third-order valence-corrected chi connectivity index (χ3v) is 5.72. The third-order valence-electron chi connectivity index (χ3n) is 5.72. The van der Waals surface area contributed by atoms with Crippen molar-refractivity contribution in [3.63, 3.8) is 0 Å². The number of nitrogens with zero attached hydrogens (tertiary/aromatic N) is 1. The van der Waals surface area contributed by atoms with Crippen LogP contribution in [0.15, 0.2) is 54.6 Å². The largest absolute Gasteiger partial charge is 0.444 e. The smallest absolute Gasteiger partial charge is 0.410 e. The normalized spacial score (nSPS) is 11.8. The maximum absolute atomic E-state index is 13.2. The van der Waals surface area contributed by atoms with Gasteiger partial charge >= 0.3 is 6.09 Å². The number of carbonyl (C=O) groups excluding carboxylic acids is 1. The third kappa shape index (κ3) is 7.44. The number of hydrogen-bond donors (Lipinski definition) is 2. The molecule has 3 rings (SSSR count). The molecule has 3 N–H and O–H groups in total. The summed E-state index contributed by atoms with van der Waals surface area (Å²) in [6.45, 7) is 9.65. The first kappa shape index (κ1) is 25.0. The van der Waals surface area contributed by atoms with Crippen LogP contribution in [0, 0.1) is 0 Å². The molecule has 0 aliphatic carbocycles. The van der Waals surface area contributed by atoms with Crippen molar-refractivity contribution in [2.75, 3.05) is 26.2 Å². The molecule has 0 saturated heterocycles. The molecule has 3 aromatic rings. The lowest BCUT2D eigenvalue weighted by atomic mass is 9.96. The molecule has 0 bridgehead atoms. The van der Waals surface area contributed by atoms with Crippen LogP contribution in [-0.2, 0) is 11.3 Å². The molecule has 5 heteroatoms. The van der Waals surface area contributed by atoms with Gasteiger partial charge in [0, 0.05) is 6.54 Å². The molecule has 0 aliphatic rings. The highest BCUT2D eigenvalue weighted by molar-refractivity contribution is 6.02. The monoisotopic (exact) mass is 449 g/mol. The Morgan fingerprint density at radius 1 is 0.909 bits per heavy atom. The number of rotatable bonds is 11. The first-order valence-corrected chi connectivity index (χ1v) is 12.2. The van der Waals surface area contributed by atoms with Gasteiger partial charge in [-0.1, -0.05) is 55.0 Å². The summed E-state index contributed by atoms with van der Waals surface area (Å²) >= 11 is 0. The summed E-state index contributed by atoms with van der Waals surface area (Å²) in [5, 5.41) is 8.19. The van der Waals surface area contributed by atoms with Gasteiger partial charge in [0.1, 0.15) is 5.60 Å². The van der Waals surface area contributed by atoms with E-state index in [0.717, 1.165) is 45.3 Å². The predicted molar refractivity (Wildman–Crippen MR) is 138 cm³/mol. The average Bonchev–Trinajstić information content (AvgIpc) is 2.78. The van der Waals surface area contributed by atoms with Crippen molar-refractivity contribution in [1.29, 1.82) is 0 Å². The molecule has 178 valence electrons. The molecule has 0 saturated carbocycles. The Balaban J connectivity index is 1.78. The molecule has 0 aromatic heterocycles. The maximum Gasteiger partial charge on any atom is 0.410 e. The van der Waals surface area contributed by atoms with Gasteiger partial charge in [0.2, 0.25) is 0 Å². The van der Waals surface area contributed by atoms with Gasteiger partial charge in [-0.3, -0.25) is 0 Å². The molecule has 1 amide bonds. The number of nitrogens with two attached hydrogens (primary N) is 1. The molecular weight excluding hydrogens is 410 g/mol. The quantitative estimate of drug-likeness (QED) is 0.285. The van der Waals surface area contributed by atoms with Crippen molar-refractivity contribution in [3.8, 4) is 0 Å². The van der Waals surface area contributed by atoms with Crippen LogP contribution in [0.25, 0.3) is 21.5 Å². The van der Waals surface area contributed by atoms with Gasteiger partial charge in [0.25, 0.3) is 0 Å². The Morgan fingerprint density at radius 2 is 1.52 bits per heavy atom. The van der Waals surface area contributed by atoms with Crippen molar-refractivity contribution in [2.45, 2.75) is 58.6 Å². The Hall–Kier alpha value is -2.63. The summed E-state index contributed by atoms with van der Waals surface area (Å²) in [4.78, 5) is 15.0. The summed E-state index contributed by atoms with van der Waals surface area (Å²) < 4.78 is 5.78. The topological polar surface area (TPSA) is 67.6 Å². The van der Waals surface area contributed by atoms with E-state index in [1.807, 2.05) is 25.7 Å². The number of amides is 1. The number of carbonyl (C=O) groups is 1. The van der Waals surface area contributed by atoms with E-state index < -0.39 is 5.60 Å². The fourth-order valence-corrected chi connectivity index (χ4v) is 4.11. The molecular formula is C28H39N3O2. The van der Waals surface area contributed by atoms with Crippen LogP contribution in [-0.4, -0.2) is 42.8 Å². The van der Waals surface area contributed by atoms with E-state index in [9.17, 15) is 4.79 Å². The molecule has 0 spiro atoms. The lowest BCUT2D eigenvalue weighted by molar-refractivity contribution is 0.0232. The van der Waals surface area contributed by atoms with Crippen molar-refractivity contribution < 1.29 is 9.53 Å². The van der Waals surface area contributed by atoms with Crippen molar-refractivity contribution in [3.05, 3.63) is 60.2 Å². The van der Waals surface area contributed by atoms with Gasteiger partial charge < -0.3 is 20.7 Å². The van der Waals surface area contributed by atoms with Gasteiger partial charge in [-0.05, 0) is 92.8 Å². The van der Waals surface area contributed by atoms with Gasteiger partial charge in [0.15, 0.2) is 0 Å². The van der Waals surface area contributed by atoms with E-state index in [4.69, 9.17) is 10.5 Å². The van der Waals surface area contributed by atoms with Crippen molar-refractivity contribution in [2.24, 2.45) is 5.73 Å². The molecule has 0 radical (unpaired) electrons. The van der Waals surface area contributed by atoms with E-state index in [1.165, 1.54) is 27.1 Å². The second kappa shape index (κ2) is 12.0. The number of unbranched alkanes of at least 4 members (excludes halogenated alkanes) is 2. The highest BCUT2D eigenvalue weighted by Gasteiger charge is 2.23. The molecule has 33 heavy (non-hydrogen) atoms. The fraction of sp³-hybridized carbons (Fsp3) is 0.464. The molecule has 3 aromatic carbocycles. The highest BCUT2D eigenvalue weighted by atomic mass is 16.6. The number of hydrogen-bond acceptors (Lipinski definition) is 4. The minimum Gasteiger partial charge on any atom is -0.444 e. The van der Waals surface area contributed by atoms with Crippen LogP contribution in [0.5, 0.6) is 0 Å². The summed E-state index contributed by atoms with van der Waals surface area (Å²) in [6, 6.07) is 19.1. The highest BCUT2D eigenvalue weighted by Crippen LogP contribution is 2.30. The van der Waals surface area contributed by atoms with E-state index in [-0.39, 0.29) is 6.09 Å². The minimum atomic E-state index is -0.525. The predicted octanol–water partition coefficient (Wildman–Crippen LogP) is 5.84. The zero-order valence-electron chi connectivity index (χ0n) is 20.4. The summed E-state index contributed by atoms with van der Waals surface area (Å²) in [5.41, 5.74) is 6.19. The van der Waals surface area contributed by atoms with Crippen LogP contribution in [0.1, 0.15) is 52.0 Å². The standard InChI is InChI=1S/C28H39N3O2/c1-28(2,3)33-27(32)31(19-10-4-9-17-30-18-11-16-29)21-26-24-14-7-5-12-22(24)20-23-13-6-8-15-25(23)26/h5-8,12-15,20,30H,4,9-11,16-19,21,29H2,1-3H3. The second-order valence-electron chi connectivity index (χ2n) is 9.65. The minimum absolute atomic E-state index is 0.249. The molecule has 0 fully saturated rings. The molecule has 5 nitrogen and oxygen atoms in total. The van der Waals surface area contributed by atoms with E-state index in [2.05, 4.69) is 59.9 Å². The number of ether oxygens (including phenoxy) is 1. The number of benzene rings is 3. The van der Waals surface area contributed by atoms with Crippen LogP contribution in [0.4, 0.5) is 4.79 Å². The first-order valence-electron chi connectivity index (χ1n) is 12.2. The average molecular weight is 450 g/mol. The Kier molecular flexibility index (Phi) is 9.10. The first-order chi connectivity index (χ1) is 15.9. The molecule has 0 unspecified atom stereocenters. The second-order valence-corrected chi connectivity index (χ2v) is 9.65. The zero-order chi connectivity index (χ0) is 23.7. The van der Waals surface area contributed by atoms with Crippen molar-refractivity contribution in [1.82, 2.24) is 10.2 Å². The zero-order valence-corrected chi connectivity index (χ0v) is 20.4. The van der Waals surface area contributed by atoms with Crippen molar-refractivity contribution >= 4 is 27.6 Å². The van der Waals surface area contributed by atoms with Crippen LogP contribution in [0.3, 0.4) is 0 Å². The summed E-state index contributed by atoms with van der Waals surface area (Å²) in [7, 11) is 0. The SMILES string of the molecule is CC(C)(C)OC(=O)N(CCCCCNCCCN)Cc1c2ccccc2cc2ccccc12. The number of fused-ring (bicyclic) bond motifs is 2. The van der Waals surface area contributed by atoms with E-state index in [1.54, 1.807) is 0 Å². The lowest BCUT2D eigenvalue weighted by Gasteiger charge is -2.28. The van der Waals surface area contributed by atoms with Crippen LogP contribution >= 0.6 is 0 Å². The Morgan fingerprint density at radius 3 is 2.12 bits per heavy atom.